The number of rotatable bonds is 4. The van der Waals surface area contributed by atoms with Gasteiger partial charge in [-0.3, -0.25) is 19.2 Å². The first-order valence-electron chi connectivity index (χ1n) is 10.8. The number of amides is 4. The van der Waals surface area contributed by atoms with Crippen molar-refractivity contribution in [3.63, 3.8) is 0 Å². The molecule has 4 atom stereocenters. The number of benzene rings is 1. The third kappa shape index (κ3) is 3.51. The average Bonchev–Trinajstić information content (AvgIpc) is 3.44. The second-order valence-corrected chi connectivity index (χ2v) is 8.80. The van der Waals surface area contributed by atoms with Crippen molar-refractivity contribution in [3.05, 3.63) is 29.8 Å². The smallest absolute Gasteiger partial charge is 0.254 e. The Hall–Kier alpha value is -3.10. The molecule has 9 nitrogen and oxygen atoms in total. The molecule has 0 unspecified atom stereocenters. The first-order chi connectivity index (χ1) is 15.0. The lowest BCUT2D eigenvalue weighted by Crippen LogP contribution is -2.52. The van der Waals surface area contributed by atoms with E-state index < -0.39 is 18.1 Å². The number of hydrogen-bond acceptors (Lipinski definition) is 5. The SMILES string of the molecule is COc1ccc(C(=O)N2CC[C@H]3NC(=O)[C@H]4C[C@H](NC(=O)C5CC5)CN4C(=O)[C@H]32)cc1. The second-order valence-electron chi connectivity index (χ2n) is 8.80. The maximum Gasteiger partial charge on any atom is 0.254 e. The van der Waals surface area contributed by atoms with Crippen LogP contribution in [-0.4, -0.2) is 77.8 Å². The Morgan fingerprint density at radius 2 is 1.87 bits per heavy atom. The van der Waals surface area contributed by atoms with Crippen LogP contribution in [0.15, 0.2) is 24.3 Å². The number of likely N-dealkylation sites (tertiary alicyclic amines) is 1. The predicted octanol–water partition coefficient (Wildman–Crippen LogP) is -0.0962. The molecule has 31 heavy (non-hydrogen) atoms. The summed E-state index contributed by atoms with van der Waals surface area (Å²) in [5, 5.41) is 5.96. The van der Waals surface area contributed by atoms with Crippen LogP contribution in [-0.2, 0) is 14.4 Å². The van der Waals surface area contributed by atoms with Crippen LogP contribution in [0.25, 0.3) is 0 Å². The average molecular weight is 426 g/mol. The summed E-state index contributed by atoms with van der Waals surface area (Å²) in [6.45, 7) is 0.690. The summed E-state index contributed by atoms with van der Waals surface area (Å²) in [6.07, 6.45) is 2.74. The minimum Gasteiger partial charge on any atom is -0.497 e. The molecule has 5 rings (SSSR count). The van der Waals surface area contributed by atoms with Gasteiger partial charge in [0.05, 0.1) is 13.2 Å². The number of nitrogens with one attached hydrogen (secondary N) is 2. The lowest BCUT2D eigenvalue weighted by atomic mass is 10.1. The molecule has 3 aliphatic heterocycles. The normalized spacial score (nSPS) is 29.7. The molecule has 4 aliphatic rings. The molecule has 1 saturated carbocycles. The van der Waals surface area contributed by atoms with Crippen LogP contribution in [0.2, 0.25) is 0 Å². The topological polar surface area (TPSA) is 108 Å². The van der Waals surface area contributed by atoms with Crippen molar-refractivity contribution >= 4 is 23.6 Å². The molecule has 3 heterocycles. The number of hydrogen-bond donors (Lipinski definition) is 2. The Morgan fingerprint density at radius 3 is 2.55 bits per heavy atom. The monoisotopic (exact) mass is 426 g/mol. The zero-order chi connectivity index (χ0) is 21.7. The molecular formula is C22H26N4O5. The first-order valence-corrected chi connectivity index (χ1v) is 10.8. The summed E-state index contributed by atoms with van der Waals surface area (Å²) in [7, 11) is 1.56. The minimum atomic E-state index is -0.735. The number of carbonyl (C=O) groups excluding carboxylic acids is 4. The predicted molar refractivity (Wildman–Crippen MR) is 109 cm³/mol. The molecule has 1 aliphatic carbocycles. The van der Waals surface area contributed by atoms with Crippen molar-refractivity contribution in [2.75, 3.05) is 20.2 Å². The zero-order valence-electron chi connectivity index (χ0n) is 17.4. The van der Waals surface area contributed by atoms with Crippen molar-refractivity contribution in [1.82, 2.24) is 20.4 Å². The first kappa shape index (κ1) is 19.8. The maximum absolute atomic E-state index is 13.5. The Kier molecular flexibility index (Phi) is 4.83. The second kappa shape index (κ2) is 7.55. The quantitative estimate of drug-likeness (QED) is 0.699. The maximum atomic E-state index is 13.5. The van der Waals surface area contributed by atoms with Crippen molar-refractivity contribution < 1.29 is 23.9 Å². The fourth-order valence-corrected chi connectivity index (χ4v) is 4.92. The molecule has 4 amide bonds. The summed E-state index contributed by atoms with van der Waals surface area (Å²) in [4.78, 5) is 54.8. The van der Waals surface area contributed by atoms with Gasteiger partial charge in [0, 0.05) is 30.6 Å². The number of carbonyl (C=O) groups is 4. The van der Waals surface area contributed by atoms with E-state index in [2.05, 4.69) is 10.6 Å². The van der Waals surface area contributed by atoms with Crippen LogP contribution >= 0.6 is 0 Å². The Morgan fingerprint density at radius 1 is 1.13 bits per heavy atom. The van der Waals surface area contributed by atoms with Crippen molar-refractivity contribution in [2.24, 2.45) is 5.92 Å². The van der Waals surface area contributed by atoms with E-state index in [4.69, 9.17) is 4.74 Å². The highest BCUT2D eigenvalue weighted by molar-refractivity contribution is 6.01. The van der Waals surface area contributed by atoms with Gasteiger partial charge in [0.1, 0.15) is 17.8 Å². The summed E-state index contributed by atoms with van der Waals surface area (Å²) >= 11 is 0. The molecule has 4 fully saturated rings. The summed E-state index contributed by atoms with van der Waals surface area (Å²) in [6, 6.07) is 4.79. The molecule has 0 radical (unpaired) electrons. The van der Waals surface area contributed by atoms with Crippen LogP contribution in [0.4, 0.5) is 0 Å². The van der Waals surface area contributed by atoms with Gasteiger partial charge in [-0.15, -0.1) is 0 Å². The third-order valence-corrected chi connectivity index (χ3v) is 6.76. The summed E-state index contributed by atoms with van der Waals surface area (Å²) in [5.74, 6) is 0.0489. The van der Waals surface area contributed by atoms with E-state index in [-0.39, 0.29) is 35.6 Å². The Bertz CT molecular complexity index is 928. The lowest BCUT2D eigenvalue weighted by Gasteiger charge is -2.29. The minimum absolute atomic E-state index is 0.00516. The van der Waals surface area contributed by atoms with Crippen LogP contribution in [0, 0.1) is 5.92 Å². The molecule has 1 aromatic rings. The van der Waals surface area contributed by atoms with Gasteiger partial charge in [-0.1, -0.05) is 0 Å². The molecule has 9 heteroatoms. The van der Waals surface area contributed by atoms with Gasteiger partial charge in [0.15, 0.2) is 0 Å². The van der Waals surface area contributed by atoms with Crippen LogP contribution in [0.1, 0.15) is 36.0 Å². The van der Waals surface area contributed by atoms with Gasteiger partial charge >= 0.3 is 0 Å². The number of fused-ring (bicyclic) bond motifs is 2. The number of methoxy groups -OCH3 is 1. The van der Waals surface area contributed by atoms with Gasteiger partial charge in [-0.05, 0) is 49.9 Å². The standard InChI is InChI=1S/C22H26N4O5/c1-31-15-6-4-13(5-7-15)21(29)25-9-8-16-18(25)22(30)26-11-14(10-17(26)20(28)24-16)23-19(27)12-2-3-12/h4-7,12,14,16-18H,2-3,8-11H2,1H3,(H,23,27)(H,24,28)/t14-,16+,17+,18-/m0/s1. The van der Waals surface area contributed by atoms with Crippen LogP contribution in [0.5, 0.6) is 5.75 Å². The Labute approximate surface area is 180 Å². The number of ether oxygens (including phenoxy) is 1. The van der Waals surface area contributed by atoms with E-state index in [0.717, 1.165) is 12.8 Å². The molecule has 0 spiro atoms. The van der Waals surface area contributed by atoms with E-state index >= 15 is 0 Å². The number of nitrogens with zero attached hydrogens (tertiary/aromatic N) is 2. The van der Waals surface area contributed by atoms with Gasteiger partial charge in [-0.25, -0.2) is 0 Å². The molecule has 0 bridgehead atoms. The molecule has 164 valence electrons. The van der Waals surface area contributed by atoms with E-state index in [1.54, 1.807) is 41.2 Å². The van der Waals surface area contributed by atoms with Gasteiger partial charge in [-0.2, -0.15) is 0 Å². The molecule has 3 saturated heterocycles. The molecule has 2 N–H and O–H groups in total. The van der Waals surface area contributed by atoms with Gasteiger partial charge < -0.3 is 25.2 Å². The highest BCUT2D eigenvalue weighted by atomic mass is 16.5. The highest BCUT2D eigenvalue weighted by Crippen LogP contribution is 2.32. The zero-order valence-corrected chi connectivity index (χ0v) is 17.4. The summed E-state index contributed by atoms with van der Waals surface area (Å²) in [5.41, 5.74) is 0.470. The fourth-order valence-electron chi connectivity index (χ4n) is 4.92. The lowest BCUT2D eigenvalue weighted by molar-refractivity contribution is -0.138. The van der Waals surface area contributed by atoms with Crippen molar-refractivity contribution in [1.29, 1.82) is 0 Å². The van der Waals surface area contributed by atoms with Crippen molar-refractivity contribution in [3.8, 4) is 5.75 Å². The van der Waals surface area contributed by atoms with E-state index in [0.29, 0.717) is 37.2 Å². The fraction of sp³-hybridized carbons (Fsp3) is 0.545. The third-order valence-electron chi connectivity index (χ3n) is 6.76. The summed E-state index contributed by atoms with van der Waals surface area (Å²) < 4.78 is 5.15. The van der Waals surface area contributed by atoms with E-state index in [9.17, 15) is 19.2 Å². The van der Waals surface area contributed by atoms with Crippen LogP contribution in [0.3, 0.4) is 0 Å². The molecule has 1 aromatic carbocycles. The highest BCUT2D eigenvalue weighted by Gasteiger charge is 2.52. The van der Waals surface area contributed by atoms with Crippen LogP contribution < -0.4 is 15.4 Å². The van der Waals surface area contributed by atoms with E-state index in [1.807, 2.05) is 0 Å². The Balaban J connectivity index is 1.35. The molecule has 0 aromatic heterocycles. The molecular weight excluding hydrogens is 400 g/mol. The van der Waals surface area contributed by atoms with Crippen molar-refractivity contribution in [2.45, 2.75) is 49.9 Å². The van der Waals surface area contributed by atoms with E-state index in [1.165, 1.54) is 0 Å². The van der Waals surface area contributed by atoms with Gasteiger partial charge in [0.2, 0.25) is 17.7 Å². The largest absolute Gasteiger partial charge is 0.497 e. The van der Waals surface area contributed by atoms with Gasteiger partial charge in [0.25, 0.3) is 5.91 Å².